The van der Waals surface area contributed by atoms with E-state index in [0.717, 1.165) is 18.9 Å². The maximum absolute atomic E-state index is 4.22. The van der Waals surface area contributed by atoms with E-state index < -0.39 is 0 Å². The Hall–Kier alpha value is -0.480. The van der Waals surface area contributed by atoms with Crippen molar-refractivity contribution in [2.45, 2.75) is 43.4 Å². The maximum atomic E-state index is 4.22. The Morgan fingerprint density at radius 1 is 1.44 bits per heavy atom. The van der Waals surface area contributed by atoms with Crippen LogP contribution in [-0.4, -0.2) is 27.5 Å². The Morgan fingerprint density at radius 2 is 2.25 bits per heavy atom. The molecule has 0 saturated heterocycles. The quantitative estimate of drug-likeness (QED) is 0.829. The standard InChI is InChI=1S/C12H21N3S/c1-16-12(5-3-2-4-6-12)10-13-9-11-14-7-8-15-11/h7-8,13H,2-6,9-10H2,1H3,(H,14,15). The van der Waals surface area contributed by atoms with E-state index in [9.17, 15) is 0 Å². The smallest absolute Gasteiger partial charge is 0.120 e. The molecule has 0 spiro atoms. The van der Waals surface area contributed by atoms with Gasteiger partial charge in [-0.05, 0) is 19.1 Å². The fourth-order valence-electron chi connectivity index (χ4n) is 2.45. The molecule has 2 N–H and O–H groups in total. The van der Waals surface area contributed by atoms with E-state index in [1.54, 1.807) is 0 Å². The van der Waals surface area contributed by atoms with E-state index in [-0.39, 0.29) is 0 Å². The van der Waals surface area contributed by atoms with E-state index in [2.05, 4.69) is 21.5 Å². The largest absolute Gasteiger partial charge is 0.348 e. The van der Waals surface area contributed by atoms with Crippen LogP contribution in [0.5, 0.6) is 0 Å². The van der Waals surface area contributed by atoms with Crippen molar-refractivity contribution in [2.24, 2.45) is 0 Å². The van der Waals surface area contributed by atoms with Crippen LogP contribution in [0.3, 0.4) is 0 Å². The molecule has 1 aromatic heterocycles. The van der Waals surface area contributed by atoms with Gasteiger partial charge in [0.2, 0.25) is 0 Å². The molecule has 1 aliphatic carbocycles. The molecule has 0 amide bonds. The number of hydrogen-bond acceptors (Lipinski definition) is 3. The second-order valence-electron chi connectivity index (χ2n) is 4.59. The van der Waals surface area contributed by atoms with Crippen molar-refractivity contribution in [1.29, 1.82) is 0 Å². The zero-order valence-corrected chi connectivity index (χ0v) is 10.8. The molecule has 0 aliphatic heterocycles. The van der Waals surface area contributed by atoms with Crippen LogP contribution in [-0.2, 0) is 6.54 Å². The molecule has 1 saturated carbocycles. The van der Waals surface area contributed by atoms with Gasteiger partial charge in [0.1, 0.15) is 5.82 Å². The predicted molar refractivity (Wildman–Crippen MR) is 69.6 cm³/mol. The molecular weight excluding hydrogens is 218 g/mol. The van der Waals surface area contributed by atoms with E-state index in [4.69, 9.17) is 0 Å². The average molecular weight is 239 g/mol. The van der Waals surface area contributed by atoms with Crippen LogP contribution in [0.25, 0.3) is 0 Å². The minimum Gasteiger partial charge on any atom is -0.348 e. The van der Waals surface area contributed by atoms with Crippen LogP contribution >= 0.6 is 11.8 Å². The Balaban J connectivity index is 1.78. The van der Waals surface area contributed by atoms with Crippen LogP contribution < -0.4 is 5.32 Å². The minimum absolute atomic E-state index is 0.477. The number of nitrogens with zero attached hydrogens (tertiary/aromatic N) is 1. The monoisotopic (exact) mass is 239 g/mol. The van der Waals surface area contributed by atoms with Crippen molar-refractivity contribution >= 4 is 11.8 Å². The molecule has 0 radical (unpaired) electrons. The predicted octanol–water partition coefficient (Wildman–Crippen LogP) is 2.57. The highest BCUT2D eigenvalue weighted by Crippen LogP contribution is 2.37. The SMILES string of the molecule is CSC1(CNCc2ncc[nH]2)CCCCC1. The van der Waals surface area contributed by atoms with Crippen LogP contribution in [0.1, 0.15) is 37.9 Å². The van der Waals surface area contributed by atoms with Crippen LogP contribution in [0, 0.1) is 0 Å². The van der Waals surface area contributed by atoms with Gasteiger partial charge in [-0.3, -0.25) is 0 Å². The highest BCUT2D eigenvalue weighted by atomic mass is 32.2. The lowest BCUT2D eigenvalue weighted by Crippen LogP contribution is -2.39. The Bertz CT molecular complexity index is 291. The average Bonchev–Trinajstić information content (AvgIpc) is 2.83. The van der Waals surface area contributed by atoms with Crippen LogP contribution in [0.15, 0.2) is 12.4 Å². The summed E-state index contributed by atoms with van der Waals surface area (Å²) in [5.74, 6) is 1.03. The number of rotatable bonds is 5. The van der Waals surface area contributed by atoms with E-state index in [0.29, 0.717) is 4.75 Å². The summed E-state index contributed by atoms with van der Waals surface area (Å²) < 4.78 is 0.477. The first-order chi connectivity index (χ1) is 7.85. The second kappa shape index (κ2) is 5.73. The van der Waals surface area contributed by atoms with Gasteiger partial charge in [0.15, 0.2) is 0 Å². The maximum Gasteiger partial charge on any atom is 0.120 e. The lowest BCUT2D eigenvalue weighted by Gasteiger charge is -2.35. The molecule has 1 heterocycles. The number of H-pyrrole nitrogens is 1. The van der Waals surface area contributed by atoms with Gasteiger partial charge >= 0.3 is 0 Å². The fraction of sp³-hybridized carbons (Fsp3) is 0.750. The zero-order chi connectivity index (χ0) is 11.3. The molecular formula is C12H21N3S. The molecule has 3 nitrogen and oxygen atoms in total. The van der Waals surface area contributed by atoms with E-state index in [1.807, 2.05) is 24.2 Å². The number of hydrogen-bond donors (Lipinski definition) is 2. The summed E-state index contributed by atoms with van der Waals surface area (Å²) in [7, 11) is 0. The number of aromatic amines is 1. The highest BCUT2D eigenvalue weighted by molar-refractivity contribution is 8.00. The molecule has 0 bridgehead atoms. The molecule has 16 heavy (non-hydrogen) atoms. The van der Waals surface area contributed by atoms with Gasteiger partial charge in [-0.25, -0.2) is 4.98 Å². The molecule has 1 fully saturated rings. The molecule has 1 aromatic rings. The molecule has 0 atom stereocenters. The first-order valence-corrected chi connectivity index (χ1v) is 7.31. The summed E-state index contributed by atoms with van der Waals surface area (Å²) in [6, 6.07) is 0. The number of nitrogens with one attached hydrogen (secondary N) is 2. The lowest BCUT2D eigenvalue weighted by atomic mass is 9.88. The van der Waals surface area contributed by atoms with Crippen molar-refractivity contribution in [2.75, 3.05) is 12.8 Å². The van der Waals surface area contributed by atoms with Gasteiger partial charge in [0.25, 0.3) is 0 Å². The molecule has 2 rings (SSSR count). The van der Waals surface area contributed by atoms with Crippen molar-refractivity contribution in [3.63, 3.8) is 0 Å². The van der Waals surface area contributed by atoms with Crippen molar-refractivity contribution in [3.05, 3.63) is 18.2 Å². The first-order valence-electron chi connectivity index (χ1n) is 6.09. The topological polar surface area (TPSA) is 40.7 Å². The zero-order valence-electron chi connectivity index (χ0n) is 9.96. The van der Waals surface area contributed by atoms with Crippen molar-refractivity contribution < 1.29 is 0 Å². The molecule has 0 aromatic carbocycles. The summed E-state index contributed by atoms with van der Waals surface area (Å²) in [6.45, 7) is 1.96. The number of aromatic nitrogens is 2. The highest BCUT2D eigenvalue weighted by Gasteiger charge is 2.30. The van der Waals surface area contributed by atoms with Crippen molar-refractivity contribution in [1.82, 2.24) is 15.3 Å². The van der Waals surface area contributed by atoms with Gasteiger partial charge in [-0.1, -0.05) is 19.3 Å². The third-order valence-corrected chi connectivity index (χ3v) is 4.91. The molecule has 1 aliphatic rings. The summed E-state index contributed by atoms with van der Waals surface area (Å²) in [5, 5.41) is 3.53. The lowest BCUT2D eigenvalue weighted by molar-refractivity contribution is 0.378. The van der Waals surface area contributed by atoms with Crippen LogP contribution in [0.4, 0.5) is 0 Å². The summed E-state index contributed by atoms with van der Waals surface area (Å²) in [5.41, 5.74) is 0. The molecule has 0 unspecified atom stereocenters. The van der Waals surface area contributed by atoms with Gasteiger partial charge in [0.05, 0.1) is 6.54 Å². The summed E-state index contributed by atoms with van der Waals surface area (Å²) in [6.07, 6.45) is 12.9. The molecule has 90 valence electrons. The Labute approximate surface area is 102 Å². The Kier molecular flexibility index (Phi) is 4.29. The van der Waals surface area contributed by atoms with Gasteiger partial charge in [0, 0.05) is 23.7 Å². The number of imidazole rings is 1. The molecule has 4 heteroatoms. The third kappa shape index (κ3) is 3.01. The van der Waals surface area contributed by atoms with Crippen molar-refractivity contribution in [3.8, 4) is 0 Å². The van der Waals surface area contributed by atoms with E-state index >= 15 is 0 Å². The van der Waals surface area contributed by atoms with E-state index in [1.165, 1.54) is 32.1 Å². The van der Waals surface area contributed by atoms with Gasteiger partial charge < -0.3 is 10.3 Å². The summed E-state index contributed by atoms with van der Waals surface area (Å²) in [4.78, 5) is 7.35. The van der Waals surface area contributed by atoms with Gasteiger partial charge in [-0.15, -0.1) is 0 Å². The second-order valence-corrected chi connectivity index (χ2v) is 5.86. The van der Waals surface area contributed by atoms with Crippen LogP contribution in [0.2, 0.25) is 0 Å². The normalized spacial score (nSPS) is 19.8. The Morgan fingerprint density at radius 3 is 2.88 bits per heavy atom. The number of thioether (sulfide) groups is 1. The first kappa shape index (κ1) is 12.0. The fourth-order valence-corrected chi connectivity index (χ4v) is 3.40. The summed E-state index contributed by atoms with van der Waals surface area (Å²) >= 11 is 2.04. The van der Waals surface area contributed by atoms with Gasteiger partial charge in [-0.2, -0.15) is 11.8 Å². The third-order valence-electron chi connectivity index (χ3n) is 3.49. The minimum atomic E-state index is 0.477.